The van der Waals surface area contributed by atoms with Crippen LogP contribution >= 0.6 is 15.9 Å². The molecular formula is C17H25BrN2O2. The number of nitrogens with zero attached hydrogens (tertiary/aromatic N) is 1. The molecule has 1 atom stereocenters. The van der Waals surface area contributed by atoms with Crippen molar-refractivity contribution in [1.82, 2.24) is 10.2 Å². The summed E-state index contributed by atoms with van der Waals surface area (Å²) >= 11 is 3.48. The first kappa shape index (κ1) is 16.1. The van der Waals surface area contributed by atoms with E-state index in [0.29, 0.717) is 11.7 Å². The highest BCUT2D eigenvalue weighted by Gasteiger charge is 2.34. The molecule has 1 heterocycles. The maximum absolute atomic E-state index is 10.6. The van der Waals surface area contributed by atoms with Gasteiger partial charge in [-0.2, -0.15) is 0 Å². The molecule has 0 aromatic heterocycles. The van der Waals surface area contributed by atoms with Crippen molar-refractivity contribution in [2.24, 2.45) is 5.92 Å². The quantitative estimate of drug-likeness (QED) is 0.855. The number of hydrogen-bond acceptors (Lipinski definition) is 4. The van der Waals surface area contributed by atoms with E-state index in [1.54, 1.807) is 7.11 Å². The van der Waals surface area contributed by atoms with Crippen LogP contribution in [-0.2, 0) is 0 Å². The van der Waals surface area contributed by atoms with Gasteiger partial charge in [0.25, 0.3) is 0 Å². The predicted octanol–water partition coefficient (Wildman–Crippen LogP) is 3.30. The summed E-state index contributed by atoms with van der Waals surface area (Å²) in [5.41, 5.74) is 1.01. The second kappa shape index (κ2) is 7.20. The van der Waals surface area contributed by atoms with Gasteiger partial charge in [-0.1, -0.05) is 12.8 Å². The molecule has 0 unspecified atom stereocenters. The highest BCUT2D eigenvalue weighted by molar-refractivity contribution is 9.10. The van der Waals surface area contributed by atoms with E-state index in [0.717, 1.165) is 42.0 Å². The molecule has 0 spiro atoms. The Morgan fingerprint density at radius 2 is 1.95 bits per heavy atom. The number of ether oxygens (including phenoxy) is 1. The van der Waals surface area contributed by atoms with Crippen molar-refractivity contribution >= 4 is 15.9 Å². The molecule has 2 fully saturated rings. The number of benzene rings is 1. The second-order valence-electron chi connectivity index (χ2n) is 6.32. The molecular weight excluding hydrogens is 344 g/mol. The number of methoxy groups -OCH3 is 1. The first-order valence-electron chi connectivity index (χ1n) is 8.22. The van der Waals surface area contributed by atoms with Gasteiger partial charge in [-0.15, -0.1) is 0 Å². The van der Waals surface area contributed by atoms with Gasteiger partial charge < -0.3 is 15.2 Å². The zero-order valence-electron chi connectivity index (χ0n) is 13.1. The monoisotopic (exact) mass is 368 g/mol. The van der Waals surface area contributed by atoms with Gasteiger partial charge in [0, 0.05) is 37.8 Å². The minimum atomic E-state index is 0.288. The summed E-state index contributed by atoms with van der Waals surface area (Å²) < 4.78 is 6.14. The summed E-state index contributed by atoms with van der Waals surface area (Å²) in [6, 6.07) is 4.14. The number of phenols is 1. The summed E-state index contributed by atoms with van der Waals surface area (Å²) in [5, 5.41) is 14.1. The van der Waals surface area contributed by atoms with Crippen LogP contribution in [-0.4, -0.2) is 43.3 Å². The van der Waals surface area contributed by atoms with Crippen LogP contribution < -0.4 is 10.1 Å². The molecule has 2 aliphatic rings. The normalized spacial score (nSPS) is 21.9. The average molecular weight is 369 g/mol. The fourth-order valence-corrected chi connectivity index (χ4v) is 4.37. The molecule has 1 aliphatic carbocycles. The molecule has 22 heavy (non-hydrogen) atoms. The van der Waals surface area contributed by atoms with E-state index in [-0.39, 0.29) is 6.04 Å². The summed E-state index contributed by atoms with van der Waals surface area (Å²) in [6.45, 7) is 4.12. The molecule has 1 saturated carbocycles. The van der Waals surface area contributed by atoms with Gasteiger partial charge in [-0.25, -0.2) is 0 Å². The Balaban J connectivity index is 1.98. The van der Waals surface area contributed by atoms with Crippen molar-refractivity contribution in [3.63, 3.8) is 0 Å². The maximum atomic E-state index is 10.6. The summed E-state index contributed by atoms with van der Waals surface area (Å²) in [5.74, 6) is 1.80. The first-order valence-corrected chi connectivity index (χ1v) is 9.01. The number of piperazine rings is 1. The van der Waals surface area contributed by atoms with Gasteiger partial charge >= 0.3 is 0 Å². The largest absolute Gasteiger partial charge is 0.506 e. The number of phenolic OH excluding ortho intramolecular Hbond substituents is 1. The Labute approximate surface area is 141 Å². The number of nitrogens with one attached hydrogen (secondary N) is 1. The fourth-order valence-electron chi connectivity index (χ4n) is 3.92. The Bertz CT molecular complexity index is 512. The van der Waals surface area contributed by atoms with E-state index in [2.05, 4.69) is 26.1 Å². The van der Waals surface area contributed by atoms with Gasteiger partial charge in [0.05, 0.1) is 11.6 Å². The van der Waals surface area contributed by atoms with E-state index >= 15 is 0 Å². The highest BCUT2D eigenvalue weighted by Crippen LogP contribution is 2.45. The fraction of sp³-hybridized carbons (Fsp3) is 0.647. The molecule has 122 valence electrons. The lowest BCUT2D eigenvalue weighted by Crippen LogP contribution is -2.46. The van der Waals surface area contributed by atoms with E-state index in [9.17, 15) is 5.11 Å². The topological polar surface area (TPSA) is 44.7 Å². The first-order chi connectivity index (χ1) is 10.7. The van der Waals surface area contributed by atoms with Crippen LogP contribution in [0.15, 0.2) is 16.6 Å². The van der Waals surface area contributed by atoms with E-state index in [1.165, 1.54) is 25.7 Å². The third kappa shape index (κ3) is 3.26. The molecule has 1 saturated heterocycles. The van der Waals surface area contributed by atoms with Crippen molar-refractivity contribution in [1.29, 1.82) is 0 Å². The maximum Gasteiger partial charge on any atom is 0.134 e. The molecule has 4 nitrogen and oxygen atoms in total. The number of aromatic hydroxyl groups is 1. The molecule has 1 aliphatic heterocycles. The van der Waals surface area contributed by atoms with E-state index < -0.39 is 0 Å². The Kier molecular flexibility index (Phi) is 5.26. The Hall–Kier alpha value is -0.780. The van der Waals surface area contributed by atoms with Crippen molar-refractivity contribution in [3.05, 3.63) is 22.2 Å². The lowest BCUT2D eigenvalue weighted by Gasteiger charge is -2.39. The van der Waals surface area contributed by atoms with Gasteiger partial charge in [0.1, 0.15) is 11.5 Å². The van der Waals surface area contributed by atoms with Gasteiger partial charge in [-0.05, 0) is 46.8 Å². The zero-order chi connectivity index (χ0) is 15.5. The lowest BCUT2D eigenvalue weighted by molar-refractivity contribution is 0.123. The highest BCUT2D eigenvalue weighted by atomic mass is 79.9. The van der Waals surface area contributed by atoms with Crippen LogP contribution in [0.5, 0.6) is 11.5 Å². The van der Waals surface area contributed by atoms with E-state index in [1.807, 2.05) is 12.1 Å². The minimum absolute atomic E-state index is 0.288. The molecule has 0 radical (unpaired) electrons. The molecule has 1 aromatic rings. The second-order valence-corrected chi connectivity index (χ2v) is 7.18. The van der Waals surface area contributed by atoms with Gasteiger partial charge in [0.2, 0.25) is 0 Å². The molecule has 0 amide bonds. The third-order valence-electron chi connectivity index (χ3n) is 5.01. The van der Waals surface area contributed by atoms with Gasteiger partial charge in [0.15, 0.2) is 0 Å². The van der Waals surface area contributed by atoms with Gasteiger partial charge in [-0.3, -0.25) is 4.90 Å². The summed E-state index contributed by atoms with van der Waals surface area (Å²) in [6.07, 6.45) is 5.12. The molecule has 5 heteroatoms. The van der Waals surface area contributed by atoms with Crippen LogP contribution in [0.4, 0.5) is 0 Å². The minimum Gasteiger partial charge on any atom is -0.506 e. The van der Waals surface area contributed by atoms with E-state index in [4.69, 9.17) is 4.74 Å². The van der Waals surface area contributed by atoms with Crippen molar-refractivity contribution in [2.75, 3.05) is 33.3 Å². The third-order valence-corrected chi connectivity index (χ3v) is 5.62. The van der Waals surface area contributed by atoms with Crippen LogP contribution in [0.2, 0.25) is 0 Å². The SMILES string of the molecule is COc1cc(Br)c(O)c([C@H](C2CCCC2)N2CCNCC2)c1. The number of hydrogen-bond donors (Lipinski definition) is 2. The molecule has 0 bridgehead atoms. The number of halogens is 1. The molecule has 2 N–H and O–H groups in total. The molecule has 3 rings (SSSR count). The predicted molar refractivity (Wildman–Crippen MR) is 91.5 cm³/mol. The lowest BCUT2D eigenvalue weighted by atomic mass is 9.89. The van der Waals surface area contributed by atoms with Crippen molar-refractivity contribution in [2.45, 2.75) is 31.7 Å². The Morgan fingerprint density at radius 1 is 1.27 bits per heavy atom. The van der Waals surface area contributed by atoms with Crippen LogP contribution in [0.1, 0.15) is 37.3 Å². The summed E-state index contributed by atoms with van der Waals surface area (Å²) in [7, 11) is 1.68. The zero-order valence-corrected chi connectivity index (χ0v) is 14.7. The van der Waals surface area contributed by atoms with Crippen LogP contribution in [0.25, 0.3) is 0 Å². The number of rotatable bonds is 4. The van der Waals surface area contributed by atoms with Crippen LogP contribution in [0, 0.1) is 5.92 Å². The van der Waals surface area contributed by atoms with Crippen molar-refractivity contribution < 1.29 is 9.84 Å². The molecule has 1 aromatic carbocycles. The average Bonchev–Trinajstić information content (AvgIpc) is 3.06. The Morgan fingerprint density at radius 3 is 2.59 bits per heavy atom. The van der Waals surface area contributed by atoms with Crippen LogP contribution in [0.3, 0.4) is 0 Å². The van der Waals surface area contributed by atoms with Crippen molar-refractivity contribution in [3.8, 4) is 11.5 Å². The standard InChI is InChI=1S/C17H25BrN2O2/c1-22-13-10-14(17(21)15(18)11-13)16(12-4-2-3-5-12)20-8-6-19-7-9-20/h10-12,16,19,21H,2-9H2,1H3/t16-/m0/s1. The smallest absolute Gasteiger partial charge is 0.134 e. The summed E-state index contributed by atoms with van der Waals surface area (Å²) in [4.78, 5) is 2.54.